The Morgan fingerprint density at radius 1 is 1.33 bits per heavy atom. The summed E-state index contributed by atoms with van der Waals surface area (Å²) in [7, 11) is 3.41. The molecular formula is C11H12F3N3O. The van der Waals surface area contributed by atoms with Crippen LogP contribution in [0.15, 0.2) is 12.5 Å². The number of hydrogen-bond acceptors (Lipinski definition) is 4. The van der Waals surface area contributed by atoms with Crippen molar-refractivity contribution >= 4 is 11.9 Å². The Labute approximate surface area is 102 Å². The Kier molecular flexibility index (Phi) is 4.05. The van der Waals surface area contributed by atoms with Crippen molar-refractivity contribution < 1.29 is 18.0 Å². The van der Waals surface area contributed by atoms with Gasteiger partial charge in [-0.2, -0.15) is 13.2 Å². The number of aromatic nitrogens is 2. The molecule has 18 heavy (non-hydrogen) atoms. The van der Waals surface area contributed by atoms with E-state index < -0.39 is 23.2 Å². The average molecular weight is 259 g/mol. The molecule has 0 unspecified atom stereocenters. The van der Waals surface area contributed by atoms with Gasteiger partial charge in [-0.3, -0.25) is 4.79 Å². The number of ketones is 1. The first-order valence-corrected chi connectivity index (χ1v) is 5.01. The average Bonchev–Trinajstić information content (AvgIpc) is 2.24. The summed E-state index contributed by atoms with van der Waals surface area (Å²) in [5.41, 5.74) is -1.76. The summed E-state index contributed by atoms with van der Waals surface area (Å²) in [6, 6.07) is 0. The van der Waals surface area contributed by atoms with Crippen LogP contribution < -0.4 is 0 Å². The van der Waals surface area contributed by atoms with Crippen LogP contribution in [0.25, 0.3) is 6.08 Å². The van der Waals surface area contributed by atoms with Crippen LogP contribution in [-0.4, -0.2) is 34.7 Å². The summed E-state index contributed by atoms with van der Waals surface area (Å²) in [6.07, 6.45) is -1.03. The van der Waals surface area contributed by atoms with Gasteiger partial charge >= 0.3 is 6.18 Å². The van der Waals surface area contributed by atoms with Crippen LogP contribution >= 0.6 is 0 Å². The lowest BCUT2D eigenvalue weighted by Gasteiger charge is -2.11. The molecule has 0 aliphatic heterocycles. The van der Waals surface area contributed by atoms with Crippen LogP contribution in [0.3, 0.4) is 0 Å². The maximum atomic E-state index is 12.7. The largest absolute Gasteiger partial charge is 0.434 e. The van der Waals surface area contributed by atoms with E-state index in [0.29, 0.717) is 0 Å². The number of carbonyl (C=O) groups excluding carboxylic acids is 1. The summed E-state index contributed by atoms with van der Waals surface area (Å²) in [4.78, 5) is 19.8. The van der Waals surface area contributed by atoms with Gasteiger partial charge in [-0.05, 0) is 13.0 Å². The lowest BCUT2D eigenvalue weighted by Crippen LogP contribution is -2.16. The molecule has 0 atom stereocenters. The van der Waals surface area contributed by atoms with E-state index in [0.717, 1.165) is 13.3 Å². The van der Waals surface area contributed by atoms with E-state index in [-0.39, 0.29) is 5.69 Å². The fourth-order valence-electron chi connectivity index (χ4n) is 1.31. The summed E-state index contributed by atoms with van der Waals surface area (Å²) >= 11 is 0. The highest BCUT2D eigenvalue weighted by Crippen LogP contribution is 2.31. The minimum atomic E-state index is -4.68. The molecule has 98 valence electrons. The molecule has 1 aromatic rings. The molecule has 0 aliphatic carbocycles. The van der Waals surface area contributed by atoms with E-state index in [2.05, 4.69) is 9.97 Å². The highest BCUT2D eigenvalue weighted by atomic mass is 19.4. The second-order valence-corrected chi connectivity index (χ2v) is 3.82. The van der Waals surface area contributed by atoms with Gasteiger partial charge in [0.25, 0.3) is 0 Å². The van der Waals surface area contributed by atoms with Gasteiger partial charge in [-0.1, -0.05) is 0 Å². The van der Waals surface area contributed by atoms with Crippen molar-refractivity contribution in [1.29, 1.82) is 0 Å². The highest BCUT2D eigenvalue weighted by Gasteiger charge is 2.37. The standard InChI is InChI=1S/C11H12F3N3O/c1-7(18)9-8(4-5-17(2)3)15-6-16-10(9)11(12,13)14/h4-6H,1-3H3. The summed E-state index contributed by atoms with van der Waals surface area (Å²) in [5, 5.41) is 0. The van der Waals surface area contributed by atoms with E-state index in [1.165, 1.54) is 12.3 Å². The first kappa shape index (κ1) is 14.1. The van der Waals surface area contributed by atoms with Crippen molar-refractivity contribution in [2.45, 2.75) is 13.1 Å². The van der Waals surface area contributed by atoms with Crippen molar-refractivity contribution in [2.75, 3.05) is 14.1 Å². The van der Waals surface area contributed by atoms with E-state index in [9.17, 15) is 18.0 Å². The Morgan fingerprint density at radius 3 is 2.39 bits per heavy atom. The maximum absolute atomic E-state index is 12.7. The molecule has 1 rings (SSSR count). The normalized spacial score (nSPS) is 11.9. The van der Waals surface area contributed by atoms with Gasteiger partial charge in [0.15, 0.2) is 11.5 Å². The number of carbonyl (C=O) groups is 1. The smallest absolute Gasteiger partial charge is 0.383 e. The summed E-state index contributed by atoms with van der Waals surface area (Å²) in [5.74, 6) is -0.721. The Morgan fingerprint density at radius 2 is 1.94 bits per heavy atom. The fraction of sp³-hybridized carbons (Fsp3) is 0.364. The lowest BCUT2D eigenvalue weighted by molar-refractivity contribution is -0.141. The van der Waals surface area contributed by atoms with Crippen molar-refractivity contribution in [3.8, 4) is 0 Å². The van der Waals surface area contributed by atoms with Gasteiger partial charge in [0, 0.05) is 20.3 Å². The van der Waals surface area contributed by atoms with Gasteiger partial charge in [-0.15, -0.1) is 0 Å². The maximum Gasteiger partial charge on any atom is 0.434 e. The second-order valence-electron chi connectivity index (χ2n) is 3.82. The molecule has 0 aromatic carbocycles. The second kappa shape index (κ2) is 5.16. The molecule has 1 aromatic heterocycles. The van der Waals surface area contributed by atoms with Crippen LogP contribution in [0.4, 0.5) is 13.2 Å². The minimum absolute atomic E-state index is 0.0430. The topological polar surface area (TPSA) is 46.1 Å². The lowest BCUT2D eigenvalue weighted by atomic mass is 10.1. The molecular weight excluding hydrogens is 247 g/mol. The molecule has 0 amide bonds. The van der Waals surface area contributed by atoms with Crippen LogP contribution in [0, 0.1) is 0 Å². The van der Waals surface area contributed by atoms with E-state index in [4.69, 9.17) is 0 Å². The molecule has 0 saturated carbocycles. The molecule has 0 radical (unpaired) electrons. The SMILES string of the molecule is CC(=O)c1c(C=CN(C)C)ncnc1C(F)(F)F. The zero-order chi connectivity index (χ0) is 13.9. The predicted octanol–water partition coefficient (Wildman–Crippen LogP) is 2.23. The van der Waals surface area contributed by atoms with Crippen LogP contribution in [0.5, 0.6) is 0 Å². The molecule has 4 nitrogen and oxygen atoms in total. The third-order valence-electron chi connectivity index (χ3n) is 2.03. The number of alkyl halides is 3. The van der Waals surface area contributed by atoms with Crippen molar-refractivity contribution in [3.05, 3.63) is 29.5 Å². The Hall–Kier alpha value is -1.92. The quantitative estimate of drug-likeness (QED) is 0.781. The molecule has 0 spiro atoms. The van der Waals surface area contributed by atoms with Gasteiger partial charge in [-0.25, -0.2) is 9.97 Å². The van der Waals surface area contributed by atoms with Crippen LogP contribution in [0.1, 0.15) is 28.7 Å². The molecule has 0 N–H and O–H groups in total. The van der Waals surface area contributed by atoms with Crippen molar-refractivity contribution in [3.63, 3.8) is 0 Å². The number of hydrogen-bond donors (Lipinski definition) is 0. The third-order valence-corrected chi connectivity index (χ3v) is 2.03. The summed E-state index contributed by atoms with van der Waals surface area (Å²) in [6.45, 7) is 1.06. The van der Waals surface area contributed by atoms with Gasteiger partial charge in [0.05, 0.1) is 11.3 Å². The number of nitrogens with zero attached hydrogens (tertiary/aromatic N) is 3. The van der Waals surface area contributed by atoms with Crippen molar-refractivity contribution in [2.24, 2.45) is 0 Å². The van der Waals surface area contributed by atoms with Crippen molar-refractivity contribution in [1.82, 2.24) is 14.9 Å². The molecule has 7 heteroatoms. The predicted molar refractivity (Wildman–Crippen MR) is 59.8 cm³/mol. The zero-order valence-electron chi connectivity index (χ0n) is 10.1. The van der Waals surface area contributed by atoms with Gasteiger partial charge < -0.3 is 4.90 Å². The summed E-state index contributed by atoms with van der Waals surface area (Å²) < 4.78 is 38.1. The zero-order valence-corrected chi connectivity index (χ0v) is 10.1. The van der Waals surface area contributed by atoms with Gasteiger partial charge in [0.2, 0.25) is 0 Å². The molecule has 1 heterocycles. The number of Topliss-reactive ketones (excluding diaryl/α,β-unsaturated/α-hetero) is 1. The van der Waals surface area contributed by atoms with Gasteiger partial charge in [0.1, 0.15) is 6.33 Å². The van der Waals surface area contributed by atoms with Crippen LogP contribution in [-0.2, 0) is 6.18 Å². The Bertz CT molecular complexity index is 481. The number of halogens is 3. The van der Waals surface area contributed by atoms with E-state index in [1.54, 1.807) is 19.0 Å². The van der Waals surface area contributed by atoms with E-state index >= 15 is 0 Å². The molecule has 0 saturated heterocycles. The first-order valence-electron chi connectivity index (χ1n) is 5.01. The molecule has 0 aliphatic rings. The van der Waals surface area contributed by atoms with E-state index in [1.807, 2.05) is 0 Å². The molecule has 0 fully saturated rings. The fourth-order valence-corrected chi connectivity index (χ4v) is 1.31. The first-order chi connectivity index (χ1) is 8.23. The number of rotatable bonds is 3. The Balaban J connectivity index is 3.40. The minimum Gasteiger partial charge on any atom is -0.383 e. The highest BCUT2D eigenvalue weighted by molar-refractivity contribution is 5.98. The molecule has 0 bridgehead atoms. The monoisotopic (exact) mass is 259 g/mol. The third kappa shape index (κ3) is 3.28. The van der Waals surface area contributed by atoms with Crippen LogP contribution in [0.2, 0.25) is 0 Å².